The van der Waals surface area contributed by atoms with Gasteiger partial charge in [-0.2, -0.15) is 0 Å². The minimum Gasteiger partial charge on any atom is -0.381 e. The van der Waals surface area contributed by atoms with Crippen molar-refractivity contribution >= 4 is 5.91 Å². The van der Waals surface area contributed by atoms with Crippen molar-refractivity contribution in [2.75, 3.05) is 26.3 Å². The van der Waals surface area contributed by atoms with Crippen molar-refractivity contribution in [3.63, 3.8) is 0 Å². The molecule has 0 spiro atoms. The van der Waals surface area contributed by atoms with Crippen molar-refractivity contribution in [1.29, 1.82) is 0 Å². The predicted octanol–water partition coefficient (Wildman–Crippen LogP) is 2.18. The highest BCUT2D eigenvalue weighted by molar-refractivity contribution is 5.76. The molecule has 116 valence electrons. The van der Waals surface area contributed by atoms with E-state index in [9.17, 15) is 4.79 Å². The van der Waals surface area contributed by atoms with Crippen LogP contribution in [0.25, 0.3) is 0 Å². The van der Waals surface area contributed by atoms with Gasteiger partial charge >= 0.3 is 0 Å². The molecule has 0 atom stereocenters. The van der Waals surface area contributed by atoms with E-state index in [1.54, 1.807) is 0 Å². The normalized spacial score (nSPS) is 15.9. The molecular formula is C17H26N2O2. The van der Waals surface area contributed by atoms with Crippen LogP contribution in [-0.2, 0) is 16.1 Å². The van der Waals surface area contributed by atoms with Crippen LogP contribution in [0.1, 0.15) is 31.2 Å². The molecule has 1 aromatic carbocycles. The summed E-state index contributed by atoms with van der Waals surface area (Å²) < 4.78 is 5.40. The Bertz CT molecular complexity index is 416. The molecule has 1 aliphatic heterocycles. The number of nitrogens with zero attached hydrogens (tertiary/aromatic N) is 1. The summed E-state index contributed by atoms with van der Waals surface area (Å²) in [6.07, 6.45) is 3.41. The fourth-order valence-electron chi connectivity index (χ4n) is 2.71. The number of ether oxygens (including phenoxy) is 1. The fraction of sp³-hybridized carbons (Fsp3) is 0.588. The Balaban J connectivity index is 1.96. The summed E-state index contributed by atoms with van der Waals surface area (Å²) in [5.41, 5.74) is 6.71. The molecule has 1 amide bonds. The first kappa shape index (κ1) is 16.0. The Hall–Kier alpha value is -1.39. The van der Waals surface area contributed by atoms with Crippen LogP contribution in [0.4, 0.5) is 0 Å². The molecule has 0 aromatic heterocycles. The molecule has 4 nitrogen and oxygen atoms in total. The summed E-state index contributed by atoms with van der Waals surface area (Å²) in [4.78, 5) is 14.4. The van der Waals surface area contributed by atoms with Crippen molar-refractivity contribution < 1.29 is 9.53 Å². The number of benzene rings is 1. The molecule has 1 aliphatic rings. The molecule has 0 unspecified atom stereocenters. The lowest BCUT2D eigenvalue weighted by Crippen LogP contribution is -2.36. The number of carbonyl (C=O) groups is 1. The first-order chi connectivity index (χ1) is 10.3. The van der Waals surface area contributed by atoms with Crippen LogP contribution in [-0.4, -0.2) is 37.1 Å². The van der Waals surface area contributed by atoms with Gasteiger partial charge in [-0.05, 0) is 37.3 Å². The van der Waals surface area contributed by atoms with Gasteiger partial charge in [0.05, 0.1) is 0 Å². The number of carbonyl (C=O) groups excluding carboxylic acids is 1. The molecular weight excluding hydrogens is 264 g/mol. The van der Waals surface area contributed by atoms with Gasteiger partial charge in [0.15, 0.2) is 0 Å². The van der Waals surface area contributed by atoms with Crippen LogP contribution in [0.3, 0.4) is 0 Å². The van der Waals surface area contributed by atoms with Gasteiger partial charge in [0.1, 0.15) is 0 Å². The number of hydrogen-bond donors (Lipinski definition) is 1. The van der Waals surface area contributed by atoms with Gasteiger partial charge in [0.25, 0.3) is 0 Å². The maximum atomic E-state index is 12.4. The van der Waals surface area contributed by atoms with Gasteiger partial charge in [-0.15, -0.1) is 0 Å². The van der Waals surface area contributed by atoms with Crippen LogP contribution in [0, 0.1) is 5.92 Å². The Morgan fingerprint density at radius 2 is 1.95 bits per heavy atom. The topological polar surface area (TPSA) is 55.6 Å². The minimum absolute atomic E-state index is 0.218. The van der Waals surface area contributed by atoms with E-state index in [1.807, 2.05) is 23.1 Å². The summed E-state index contributed by atoms with van der Waals surface area (Å²) in [7, 11) is 0. The maximum Gasteiger partial charge on any atom is 0.222 e. The van der Waals surface area contributed by atoms with Crippen molar-refractivity contribution in [3.05, 3.63) is 35.9 Å². The van der Waals surface area contributed by atoms with Gasteiger partial charge < -0.3 is 15.4 Å². The molecule has 2 rings (SSSR count). The van der Waals surface area contributed by atoms with Crippen LogP contribution in [0.5, 0.6) is 0 Å². The quantitative estimate of drug-likeness (QED) is 0.837. The van der Waals surface area contributed by atoms with Crippen LogP contribution in [0.2, 0.25) is 0 Å². The molecule has 1 fully saturated rings. The monoisotopic (exact) mass is 290 g/mol. The summed E-state index contributed by atoms with van der Waals surface area (Å²) in [5.74, 6) is 0.778. The molecule has 2 N–H and O–H groups in total. The van der Waals surface area contributed by atoms with Gasteiger partial charge in [0, 0.05) is 32.7 Å². The van der Waals surface area contributed by atoms with E-state index in [4.69, 9.17) is 10.5 Å². The first-order valence-corrected chi connectivity index (χ1v) is 7.89. The Kier molecular flexibility index (Phi) is 6.70. The SMILES string of the molecule is NCCCC(=O)N(Cc1ccccc1)CC1CCOCC1. The largest absolute Gasteiger partial charge is 0.381 e. The fourth-order valence-corrected chi connectivity index (χ4v) is 2.71. The van der Waals surface area contributed by atoms with E-state index in [2.05, 4.69) is 12.1 Å². The number of hydrogen-bond acceptors (Lipinski definition) is 3. The second-order valence-electron chi connectivity index (χ2n) is 5.71. The summed E-state index contributed by atoms with van der Waals surface area (Å²) in [6, 6.07) is 10.2. The van der Waals surface area contributed by atoms with Gasteiger partial charge in [0.2, 0.25) is 5.91 Å². The van der Waals surface area contributed by atoms with E-state index < -0.39 is 0 Å². The second-order valence-corrected chi connectivity index (χ2v) is 5.71. The molecule has 1 aromatic rings. The lowest BCUT2D eigenvalue weighted by Gasteiger charge is -2.30. The zero-order chi connectivity index (χ0) is 14.9. The van der Waals surface area contributed by atoms with Crippen molar-refractivity contribution in [2.45, 2.75) is 32.2 Å². The standard InChI is InChI=1S/C17H26N2O2/c18-10-4-7-17(20)19(13-15-5-2-1-3-6-15)14-16-8-11-21-12-9-16/h1-3,5-6,16H,4,7-14,18H2. The van der Waals surface area contributed by atoms with Gasteiger partial charge in [-0.1, -0.05) is 30.3 Å². The smallest absolute Gasteiger partial charge is 0.222 e. The van der Waals surface area contributed by atoms with Crippen LogP contribution >= 0.6 is 0 Å². The minimum atomic E-state index is 0.218. The number of nitrogens with two attached hydrogens (primary N) is 1. The first-order valence-electron chi connectivity index (χ1n) is 7.89. The maximum absolute atomic E-state index is 12.4. The molecule has 4 heteroatoms. The van der Waals surface area contributed by atoms with E-state index >= 15 is 0 Å². The van der Waals surface area contributed by atoms with E-state index in [-0.39, 0.29) is 5.91 Å². The predicted molar refractivity (Wildman–Crippen MR) is 83.7 cm³/mol. The highest BCUT2D eigenvalue weighted by Crippen LogP contribution is 2.18. The average molecular weight is 290 g/mol. The molecule has 21 heavy (non-hydrogen) atoms. The second kappa shape index (κ2) is 8.80. The average Bonchev–Trinajstić information content (AvgIpc) is 2.54. The van der Waals surface area contributed by atoms with Crippen molar-refractivity contribution in [3.8, 4) is 0 Å². The molecule has 0 radical (unpaired) electrons. The molecule has 0 aliphatic carbocycles. The van der Waals surface area contributed by atoms with Crippen LogP contribution < -0.4 is 5.73 Å². The molecule has 1 heterocycles. The van der Waals surface area contributed by atoms with Crippen LogP contribution in [0.15, 0.2) is 30.3 Å². The third kappa shape index (κ3) is 5.48. The van der Waals surface area contributed by atoms with E-state index in [1.165, 1.54) is 5.56 Å². The summed E-state index contributed by atoms with van der Waals surface area (Å²) >= 11 is 0. The Morgan fingerprint density at radius 1 is 1.24 bits per heavy atom. The van der Waals surface area contributed by atoms with Crippen molar-refractivity contribution in [1.82, 2.24) is 4.90 Å². The zero-order valence-electron chi connectivity index (χ0n) is 12.7. The number of rotatable bonds is 7. The highest BCUT2D eigenvalue weighted by Gasteiger charge is 2.21. The van der Waals surface area contributed by atoms with E-state index in [0.29, 0.717) is 25.4 Å². The molecule has 0 bridgehead atoms. The third-order valence-electron chi connectivity index (χ3n) is 3.98. The molecule has 1 saturated heterocycles. The summed E-state index contributed by atoms with van der Waals surface area (Å²) in [6.45, 7) is 3.74. The lowest BCUT2D eigenvalue weighted by atomic mass is 9.99. The lowest BCUT2D eigenvalue weighted by molar-refractivity contribution is -0.133. The Labute approximate surface area is 127 Å². The molecule has 0 saturated carbocycles. The third-order valence-corrected chi connectivity index (χ3v) is 3.98. The zero-order valence-corrected chi connectivity index (χ0v) is 12.7. The number of amides is 1. The van der Waals surface area contributed by atoms with Gasteiger partial charge in [-0.3, -0.25) is 4.79 Å². The summed E-state index contributed by atoms with van der Waals surface area (Å²) in [5, 5.41) is 0. The Morgan fingerprint density at radius 3 is 2.62 bits per heavy atom. The highest BCUT2D eigenvalue weighted by atomic mass is 16.5. The van der Waals surface area contributed by atoms with Crippen molar-refractivity contribution in [2.24, 2.45) is 11.7 Å². The van der Waals surface area contributed by atoms with Gasteiger partial charge in [-0.25, -0.2) is 0 Å². The van der Waals surface area contributed by atoms with E-state index in [0.717, 1.165) is 39.0 Å².